The molecule has 0 aliphatic rings. The van der Waals surface area contributed by atoms with E-state index in [1.165, 1.54) is 12.1 Å². The van der Waals surface area contributed by atoms with Crippen LogP contribution in [-0.2, 0) is 4.79 Å². The summed E-state index contributed by atoms with van der Waals surface area (Å²) in [7, 11) is 1.74. The van der Waals surface area contributed by atoms with Crippen LogP contribution in [-0.4, -0.2) is 24.7 Å². The summed E-state index contributed by atoms with van der Waals surface area (Å²) in [5.74, 6) is -1.59. The van der Waals surface area contributed by atoms with Crippen LogP contribution in [0.15, 0.2) is 18.2 Å². The molecule has 0 saturated carbocycles. The Kier molecular flexibility index (Phi) is 4.71. The topological polar surface area (TPSA) is 49.3 Å². The average Bonchev–Trinajstić information content (AvgIpc) is 2.21. The Morgan fingerprint density at radius 3 is 2.81 bits per heavy atom. The van der Waals surface area contributed by atoms with Gasteiger partial charge in [0.2, 0.25) is 0 Å². The number of aliphatic carboxylic acids is 1. The van der Waals surface area contributed by atoms with Gasteiger partial charge >= 0.3 is 5.97 Å². The molecule has 1 aromatic carbocycles. The molecular weight excluding hydrogens is 233 g/mol. The fourth-order valence-corrected chi connectivity index (χ4v) is 1.72. The van der Waals surface area contributed by atoms with Gasteiger partial charge in [0, 0.05) is 12.5 Å². The molecule has 0 heterocycles. The first-order valence-electron chi connectivity index (χ1n) is 4.86. The summed E-state index contributed by atoms with van der Waals surface area (Å²) in [6, 6.07) is 4.29. The average molecular weight is 246 g/mol. The van der Waals surface area contributed by atoms with Gasteiger partial charge in [-0.1, -0.05) is 17.7 Å². The molecule has 1 unspecified atom stereocenters. The number of hydrogen-bond acceptors (Lipinski definition) is 2. The van der Waals surface area contributed by atoms with Gasteiger partial charge in [0.05, 0.1) is 11.4 Å². The lowest BCUT2D eigenvalue weighted by molar-refractivity contribution is -0.137. The number of hydrogen-bond donors (Lipinski definition) is 2. The molecule has 0 spiro atoms. The van der Waals surface area contributed by atoms with E-state index >= 15 is 0 Å². The van der Waals surface area contributed by atoms with Crippen molar-refractivity contribution in [1.29, 1.82) is 0 Å². The number of carbonyl (C=O) groups is 1. The largest absolute Gasteiger partial charge is 0.481 e. The minimum atomic E-state index is -0.888. The Balaban J connectivity index is 2.91. The lowest BCUT2D eigenvalue weighted by atomic mass is 9.95. The van der Waals surface area contributed by atoms with Crippen LogP contribution in [0.4, 0.5) is 4.39 Å². The van der Waals surface area contributed by atoms with Gasteiger partial charge in [-0.2, -0.15) is 0 Å². The predicted octanol–water partition coefficient (Wildman–Crippen LogP) is 2.26. The van der Waals surface area contributed by atoms with Crippen LogP contribution in [0.3, 0.4) is 0 Å². The van der Waals surface area contributed by atoms with Crippen LogP contribution >= 0.6 is 11.6 Å². The zero-order chi connectivity index (χ0) is 12.1. The highest BCUT2D eigenvalue weighted by atomic mass is 35.5. The second-order valence-corrected chi connectivity index (χ2v) is 3.93. The fraction of sp³-hybridized carbons (Fsp3) is 0.364. The molecule has 0 aliphatic carbocycles. The van der Waals surface area contributed by atoms with Crippen molar-refractivity contribution in [3.05, 3.63) is 34.6 Å². The van der Waals surface area contributed by atoms with Crippen molar-refractivity contribution in [2.24, 2.45) is 0 Å². The van der Waals surface area contributed by atoms with E-state index in [1.807, 2.05) is 0 Å². The molecule has 2 N–H and O–H groups in total. The molecule has 0 amide bonds. The van der Waals surface area contributed by atoms with Crippen LogP contribution in [0.5, 0.6) is 0 Å². The molecule has 0 aliphatic heterocycles. The lowest BCUT2D eigenvalue weighted by Crippen LogP contribution is -2.20. The van der Waals surface area contributed by atoms with Gasteiger partial charge in [-0.05, 0) is 24.7 Å². The Bertz CT molecular complexity index is 384. The summed E-state index contributed by atoms with van der Waals surface area (Å²) >= 11 is 5.65. The molecule has 1 aromatic rings. The third kappa shape index (κ3) is 3.47. The van der Waals surface area contributed by atoms with Gasteiger partial charge in [0.15, 0.2) is 0 Å². The Morgan fingerprint density at radius 2 is 2.31 bits per heavy atom. The van der Waals surface area contributed by atoms with Gasteiger partial charge in [0.1, 0.15) is 5.82 Å². The predicted molar refractivity (Wildman–Crippen MR) is 60.3 cm³/mol. The molecule has 16 heavy (non-hydrogen) atoms. The SMILES string of the molecule is CNCC(CC(=O)O)c1ccc(F)c(Cl)c1. The van der Waals surface area contributed by atoms with Crippen molar-refractivity contribution in [3.8, 4) is 0 Å². The van der Waals surface area contributed by atoms with E-state index in [9.17, 15) is 9.18 Å². The second kappa shape index (κ2) is 5.82. The van der Waals surface area contributed by atoms with Crippen molar-refractivity contribution in [2.75, 3.05) is 13.6 Å². The lowest BCUT2D eigenvalue weighted by Gasteiger charge is -2.15. The summed E-state index contributed by atoms with van der Waals surface area (Å²) in [4.78, 5) is 10.7. The number of nitrogens with one attached hydrogen (secondary N) is 1. The molecule has 0 fully saturated rings. The Morgan fingerprint density at radius 1 is 1.62 bits per heavy atom. The number of likely N-dealkylation sites (N-methyl/N-ethyl adjacent to an activating group) is 1. The molecule has 1 rings (SSSR count). The fourth-order valence-electron chi connectivity index (χ4n) is 1.53. The third-order valence-corrected chi connectivity index (χ3v) is 2.58. The maximum absolute atomic E-state index is 12.9. The van der Waals surface area contributed by atoms with Gasteiger partial charge < -0.3 is 10.4 Å². The molecule has 1 atom stereocenters. The van der Waals surface area contributed by atoms with Crippen LogP contribution < -0.4 is 5.32 Å². The quantitative estimate of drug-likeness (QED) is 0.837. The van der Waals surface area contributed by atoms with Crippen LogP contribution in [0, 0.1) is 5.82 Å². The first kappa shape index (κ1) is 12.9. The summed E-state index contributed by atoms with van der Waals surface area (Å²) < 4.78 is 12.9. The molecule has 5 heteroatoms. The van der Waals surface area contributed by atoms with E-state index in [2.05, 4.69) is 5.32 Å². The van der Waals surface area contributed by atoms with E-state index in [0.29, 0.717) is 6.54 Å². The smallest absolute Gasteiger partial charge is 0.304 e. The van der Waals surface area contributed by atoms with Crippen molar-refractivity contribution >= 4 is 17.6 Å². The number of halogens is 2. The molecule has 0 aromatic heterocycles. The zero-order valence-corrected chi connectivity index (χ0v) is 9.59. The van der Waals surface area contributed by atoms with Crippen LogP contribution in [0.25, 0.3) is 0 Å². The summed E-state index contributed by atoms with van der Waals surface area (Å²) in [5, 5.41) is 11.7. The minimum absolute atomic E-state index is 0.0111. The number of benzene rings is 1. The first-order valence-corrected chi connectivity index (χ1v) is 5.23. The van der Waals surface area contributed by atoms with E-state index in [0.717, 1.165) is 5.56 Å². The van der Waals surface area contributed by atoms with Crippen molar-refractivity contribution in [1.82, 2.24) is 5.32 Å². The highest BCUT2D eigenvalue weighted by molar-refractivity contribution is 6.30. The molecule has 0 bridgehead atoms. The number of carboxylic acids is 1. The first-order chi connectivity index (χ1) is 7.54. The Labute approximate surface area is 98.2 Å². The van der Waals surface area contributed by atoms with Crippen LogP contribution in [0.1, 0.15) is 17.9 Å². The van der Waals surface area contributed by atoms with Gasteiger partial charge in [-0.25, -0.2) is 4.39 Å². The monoisotopic (exact) mass is 245 g/mol. The van der Waals surface area contributed by atoms with Gasteiger partial charge in [-0.15, -0.1) is 0 Å². The molecule has 0 radical (unpaired) electrons. The third-order valence-electron chi connectivity index (χ3n) is 2.29. The molecular formula is C11H13ClFNO2. The van der Waals surface area contributed by atoms with Crippen LogP contribution in [0.2, 0.25) is 5.02 Å². The maximum atomic E-state index is 12.9. The Hall–Kier alpha value is -1.13. The number of carboxylic acid groups (broad SMARTS) is 1. The summed E-state index contributed by atoms with van der Waals surface area (Å²) in [5.41, 5.74) is 0.725. The van der Waals surface area contributed by atoms with E-state index in [1.54, 1.807) is 13.1 Å². The summed E-state index contributed by atoms with van der Waals surface area (Å²) in [6.07, 6.45) is -0.0111. The minimum Gasteiger partial charge on any atom is -0.481 e. The second-order valence-electron chi connectivity index (χ2n) is 3.53. The normalized spacial score (nSPS) is 12.4. The van der Waals surface area contributed by atoms with E-state index in [-0.39, 0.29) is 17.4 Å². The molecule has 0 saturated heterocycles. The highest BCUT2D eigenvalue weighted by Gasteiger charge is 2.16. The summed E-state index contributed by atoms with van der Waals surface area (Å²) in [6.45, 7) is 0.508. The molecule has 88 valence electrons. The standard InChI is InChI=1S/C11H13ClFNO2/c1-14-6-8(5-11(15)16)7-2-3-10(13)9(12)4-7/h2-4,8,14H,5-6H2,1H3,(H,15,16). The number of rotatable bonds is 5. The maximum Gasteiger partial charge on any atom is 0.304 e. The van der Waals surface area contributed by atoms with E-state index in [4.69, 9.17) is 16.7 Å². The van der Waals surface area contributed by atoms with E-state index < -0.39 is 11.8 Å². The van der Waals surface area contributed by atoms with Crippen molar-refractivity contribution < 1.29 is 14.3 Å². The molecule has 3 nitrogen and oxygen atoms in total. The van der Waals surface area contributed by atoms with Gasteiger partial charge in [-0.3, -0.25) is 4.79 Å². The van der Waals surface area contributed by atoms with Crippen molar-refractivity contribution in [2.45, 2.75) is 12.3 Å². The van der Waals surface area contributed by atoms with Crippen molar-refractivity contribution in [3.63, 3.8) is 0 Å². The van der Waals surface area contributed by atoms with Gasteiger partial charge in [0.25, 0.3) is 0 Å². The zero-order valence-electron chi connectivity index (χ0n) is 8.84. The highest BCUT2D eigenvalue weighted by Crippen LogP contribution is 2.24.